The van der Waals surface area contributed by atoms with Crippen molar-refractivity contribution in [2.24, 2.45) is 0 Å². The van der Waals surface area contributed by atoms with Gasteiger partial charge in [-0.05, 0) is 45.0 Å². The number of amides is 1. The Morgan fingerprint density at radius 1 is 1.07 bits per heavy atom. The molecule has 0 saturated carbocycles. The van der Waals surface area contributed by atoms with Crippen LogP contribution in [-0.4, -0.2) is 77.4 Å². The predicted octanol–water partition coefficient (Wildman–Crippen LogP) is 5.41. The van der Waals surface area contributed by atoms with Crippen molar-refractivity contribution in [1.29, 1.82) is 0 Å². The Bertz CT molecular complexity index is 1410. The minimum Gasteiger partial charge on any atom is -0.494 e. The summed E-state index contributed by atoms with van der Waals surface area (Å²) in [4.78, 5) is 25.2. The average Bonchev–Trinajstić information content (AvgIpc) is 2.94. The summed E-state index contributed by atoms with van der Waals surface area (Å²) in [7, 11) is 2.15. The smallest absolute Gasteiger partial charge is 0.410 e. The highest BCUT2D eigenvalue weighted by molar-refractivity contribution is 7.85. The second kappa shape index (κ2) is 12.8. The maximum absolute atomic E-state index is 12.4. The fraction of sp³-hybridized carbons (Fsp3) is 0.393. The Balaban J connectivity index is 1.47. The van der Waals surface area contributed by atoms with Crippen molar-refractivity contribution in [3.63, 3.8) is 0 Å². The van der Waals surface area contributed by atoms with E-state index in [2.05, 4.69) is 25.5 Å². The molecule has 1 atom stereocenters. The molecule has 41 heavy (non-hydrogen) atoms. The molecule has 2 N–H and O–H groups in total. The first-order valence-electron chi connectivity index (χ1n) is 13.1. The first-order chi connectivity index (χ1) is 19.4. The molecule has 13 heteroatoms. The maximum Gasteiger partial charge on any atom is 0.410 e. The summed E-state index contributed by atoms with van der Waals surface area (Å²) >= 11 is 6.42. The van der Waals surface area contributed by atoms with E-state index in [1.165, 1.54) is 6.20 Å². The minimum atomic E-state index is -1.21. The number of methoxy groups -OCH3 is 1. The number of rotatable bonds is 8. The summed E-state index contributed by atoms with van der Waals surface area (Å²) in [6, 6.07) is 13.3. The lowest BCUT2D eigenvalue weighted by molar-refractivity contribution is 0.0240. The van der Waals surface area contributed by atoms with Gasteiger partial charge >= 0.3 is 6.09 Å². The van der Waals surface area contributed by atoms with Crippen molar-refractivity contribution in [2.45, 2.75) is 26.4 Å². The molecule has 0 radical (unpaired) electrons. The Hall–Kier alpha value is -3.77. The maximum atomic E-state index is 12.4. The fourth-order valence-corrected chi connectivity index (χ4v) is 4.78. The topological polar surface area (TPSA) is 112 Å². The van der Waals surface area contributed by atoms with Crippen molar-refractivity contribution in [2.75, 3.05) is 66.4 Å². The largest absolute Gasteiger partial charge is 0.494 e. The molecule has 1 amide bonds. The quantitative estimate of drug-likeness (QED) is 0.350. The highest BCUT2D eigenvalue weighted by Gasteiger charge is 2.26. The number of ether oxygens (including phenoxy) is 2. The van der Waals surface area contributed by atoms with Gasteiger partial charge in [0.1, 0.15) is 27.4 Å². The zero-order valence-electron chi connectivity index (χ0n) is 24.1. The number of anilines is 6. The molecular formula is C28H36ClN7O4S. The van der Waals surface area contributed by atoms with E-state index >= 15 is 0 Å². The lowest BCUT2D eigenvalue weighted by Gasteiger charge is -2.37. The van der Waals surface area contributed by atoms with E-state index in [4.69, 9.17) is 21.1 Å². The van der Waals surface area contributed by atoms with E-state index < -0.39 is 16.6 Å². The number of para-hydroxylation sites is 2. The minimum absolute atomic E-state index is 0.290. The van der Waals surface area contributed by atoms with Crippen LogP contribution in [0.25, 0.3) is 0 Å². The van der Waals surface area contributed by atoms with Crippen LogP contribution in [0.5, 0.6) is 5.75 Å². The van der Waals surface area contributed by atoms with Gasteiger partial charge in [0.05, 0.1) is 30.4 Å². The third kappa shape index (κ3) is 7.70. The SMILES string of the molecule is COc1cc(N2CCN(C(=O)OC(C)(C)C)CC2)ccc1Nc1ncc(Cl)c(Nc2ccccc2N(C)S(C)=O)n1. The van der Waals surface area contributed by atoms with Gasteiger partial charge < -0.3 is 29.9 Å². The molecule has 1 unspecified atom stereocenters. The van der Waals surface area contributed by atoms with Gasteiger partial charge in [0, 0.05) is 51.2 Å². The van der Waals surface area contributed by atoms with E-state index in [1.807, 2.05) is 63.2 Å². The molecule has 11 nitrogen and oxygen atoms in total. The van der Waals surface area contributed by atoms with E-state index in [0.29, 0.717) is 60.1 Å². The van der Waals surface area contributed by atoms with Crippen LogP contribution in [0.2, 0.25) is 5.02 Å². The van der Waals surface area contributed by atoms with Crippen molar-refractivity contribution >= 4 is 63.2 Å². The molecular weight excluding hydrogens is 566 g/mol. The number of hydrogen-bond donors (Lipinski definition) is 2. The number of nitrogens with zero attached hydrogens (tertiary/aromatic N) is 5. The number of nitrogens with one attached hydrogen (secondary N) is 2. The van der Waals surface area contributed by atoms with Gasteiger partial charge in [-0.15, -0.1) is 0 Å². The van der Waals surface area contributed by atoms with Crippen LogP contribution in [0.4, 0.5) is 39.3 Å². The third-order valence-corrected chi connectivity index (χ3v) is 7.60. The van der Waals surface area contributed by atoms with Crippen LogP contribution in [0.3, 0.4) is 0 Å². The van der Waals surface area contributed by atoms with Gasteiger partial charge in [0.25, 0.3) is 0 Å². The summed E-state index contributed by atoms with van der Waals surface area (Å²) in [5.74, 6) is 1.33. The molecule has 1 fully saturated rings. The van der Waals surface area contributed by atoms with Crippen molar-refractivity contribution in [3.8, 4) is 5.75 Å². The van der Waals surface area contributed by atoms with Gasteiger partial charge in [-0.2, -0.15) is 4.98 Å². The second-order valence-corrected chi connectivity index (χ2v) is 12.2. The Morgan fingerprint density at radius 2 is 1.78 bits per heavy atom. The van der Waals surface area contributed by atoms with E-state index in [1.54, 1.807) is 29.6 Å². The summed E-state index contributed by atoms with van der Waals surface area (Å²) < 4.78 is 24.9. The second-order valence-electron chi connectivity index (χ2n) is 10.4. The number of carbonyl (C=O) groups excluding carboxylic acids is 1. The summed E-state index contributed by atoms with van der Waals surface area (Å²) in [6.07, 6.45) is 2.83. The van der Waals surface area contributed by atoms with Crippen molar-refractivity contribution < 1.29 is 18.5 Å². The molecule has 220 valence electrons. The van der Waals surface area contributed by atoms with Crippen LogP contribution in [0, 0.1) is 0 Å². The van der Waals surface area contributed by atoms with Gasteiger partial charge in [-0.3, -0.25) is 4.31 Å². The van der Waals surface area contributed by atoms with Gasteiger partial charge in [0.15, 0.2) is 5.82 Å². The first-order valence-corrected chi connectivity index (χ1v) is 15.0. The molecule has 0 bridgehead atoms. The summed E-state index contributed by atoms with van der Waals surface area (Å²) in [5, 5.41) is 6.78. The number of piperazine rings is 1. The number of aromatic nitrogens is 2. The third-order valence-electron chi connectivity index (χ3n) is 6.35. The Morgan fingerprint density at radius 3 is 2.44 bits per heavy atom. The molecule has 2 heterocycles. The highest BCUT2D eigenvalue weighted by atomic mass is 35.5. The molecule has 1 aliphatic rings. The first kappa shape index (κ1) is 30.2. The van der Waals surface area contributed by atoms with E-state index in [9.17, 15) is 9.00 Å². The highest BCUT2D eigenvalue weighted by Crippen LogP contribution is 2.34. The fourth-order valence-electron chi connectivity index (χ4n) is 4.21. The van der Waals surface area contributed by atoms with E-state index in [-0.39, 0.29) is 6.09 Å². The van der Waals surface area contributed by atoms with Gasteiger partial charge in [0.2, 0.25) is 5.95 Å². The zero-order valence-corrected chi connectivity index (χ0v) is 25.7. The van der Waals surface area contributed by atoms with E-state index in [0.717, 1.165) is 11.4 Å². The van der Waals surface area contributed by atoms with Crippen LogP contribution in [0.1, 0.15) is 20.8 Å². The number of carbonyl (C=O) groups is 1. The molecule has 0 aliphatic carbocycles. The van der Waals surface area contributed by atoms with Crippen LogP contribution in [0.15, 0.2) is 48.7 Å². The van der Waals surface area contributed by atoms with Crippen molar-refractivity contribution in [1.82, 2.24) is 14.9 Å². The monoisotopic (exact) mass is 601 g/mol. The number of hydrogen-bond acceptors (Lipinski definition) is 9. The molecule has 0 spiro atoms. The Kier molecular flexibility index (Phi) is 9.44. The van der Waals surface area contributed by atoms with Gasteiger partial charge in [-0.1, -0.05) is 23.7 Å². The summed E-state index contributed by atoms with van der Waals surface area (Å²) in [6.45, 7) is 8.08. The summed E-state index contributed by atoms with van der Waals surface area (Å²) in [5.41, 5.74) is 2.57. The molecule has 1 aliphatic heterocycles. The normalized spacial score (nSPS) is 14.3. The van der Waals surface area contributed by atoms with Crippen molar-refractivity contribution in [3.05, 3.63) is 53.7 Å². The standard InChI is InChI=1S/C28H36ClN7O4S/c1-28(2,3)40-27(37)36-15-13-35(14-16-36)19-11-12-22(24(17-19)39-5)32-26-30-18-20(29)25(33-26)31-21-9-7-8-10-23(21)34(4)41(6)38/h7-12,17-18H,13-16H2,1-6H3,(H2,30,31,32,33). The van der Waals surface area contributed by atoms with Crippen LogP contribution >= 0.6 is 11.6 Å². The average molecular weight is 602 g/mol. The molecule has 1 saturated heterocycles. The number of halogens is 1. The Labute approximate surface area is 248 Å². The van der Waals surface area contributed by atoms with Crippen LogP contribution in [-0.2, 0) is 15.7 Å². The molecule has 2 aromatic carbocycles. The molecule has 1 aromatic heterocycles. The number of benzene rings is 2. The van der Waals surface area contributed by atoms with Crippen LogP contribution < -0.4 is 24.6 Å². The molecule has 4 rings (SSSR count). The lowest BCUT2D eigenvalue weighted by Crippen LogP contribution is -2.50. The van der Waals surface area contributed by atoms with Gasteiger partial charge in [-0.25, -0.2) is 14.0 Å². The zero-order chi connectivity index (χ0) is 29.7. The molecule has 3 aromatic rings. The lowest BCUT2D eigenvalue weighted by atomic mass is 10.2. The predicted molar refractivity (Wildman–Crippen MR) is 166 cm³/mol.